The van der Waals surface area contributed by atoms with Crippen molar-refractivity contribution in [3.63, 3.8) is 0 Å². The summed E-state index contributed by atoms with van der Waals surface area (Å²) in [5.41, 5.74) is 3.67. The normalized spacial score (nSPS) is 10.4. The third-order valence-corrected chi connectivity index (χ3v) is 3.74. The van der Waals surface area contributed by atoms with Crippen molar-refractivity contribution in [3.05, 3.63) is 54.1 Å². The first-order valence-corrected chi connectivity index (χ1v) is 8.46. The summed E-state index contributed by atoms with van der Waals surface area (Å²) in [6, 6.07) is 15.3. The van der Waals surface area contributed by atoms with Crippen LogP contribution in [0.15, 0.2) is 48.5 Å². The third kappa shape index (κ3) is 5.95. The number of nitrogens with one attached hydrogen (secondary N) is 3. The van der Waals surface area contributed by atoms with Crippen molar-refractivity contribution in [2.45, 2.75) is 33.1 Å². The summed E-state index contributed by atoms with van der Waals surface area (Å²) in [7, 11) is 0. The fourth-order valence-electron chi connectivity index (χ4n) is 2.52. The first-order valence-electron chi connectivity index (χ1n) is 8.46. The van der Waals surface area contributed by atoms with Crippen LogP contribution in [0.3, 0.4) is 0 Å². The van der Waals surface area contributed by atoms with Gasteiger partial charge in [0.1, 0.15) is 0 Å². The Morgan fingerprint density at radius 3 is 2.20 bits per heavy atom. The molecule has 2 amide bonds. The Bertz CT molecular complexity index is 724. The fourth-order valence-corrected chi connectivity index (χ4v) is 2.52. The summed E-state index contributed by atoms with van der Waals surface area (Å²) < 4.78 is 0. The fraction of sp³-hybridized carbons (Fsp3) is 0.300. The average molecular weight is 339 g/mol. The second kappa shape index (κ2) is 8.87. The molecule has 132 valence electrons. The molecule has 5 nitrogen and oxygen atoms in total. The molecule has 0 unspecified atom stereocenters. The van der Waals surface area contributed by atoms with Gasteiger partial charge in [-0.25, -0.2) is 0 Å². The molecule has 0 saturated carbocycles. The number of anilines is 3. The van der Waals surface area contributed by atoms with Crippen LogP contribution >= 0.6 is 0 Å². The summed E-state index contributed by atoms with van der Waals surface area (Å²) in [4.78, 5) is 23.1. The lowest BCUT2D eigenvalue weighted by Gasteiger charge is -2.14. The molecule has 0 saturated heterocycles. The van der Waals surface area contributed by atoms with Gasteiger partial charge in [-0.1, -0.05) is 32.0 Å². The minimum absolute atomic E-state index is 0.0181. The van der Waals surface area contributed by atoms with E-state index >= 15 is 0 Å². The molecule has 0 aromatic heterocycles. The number of benzene rings is 2. The zero-order valence-corrected chi connectivity index (χ0v) is 14.9. The number of hydrogen-bond acceptors (Lipinski definition) is 3. The van der Waals surface area contributed by atoms with E-state index in [4.69, 9.17) is 0 Å². The molecular formula is C20H25N3O2. The van der Waals surface area contributed by atoms with Gasteiger partial charge in [0, 0.05) is 37.0 Å². The smallest absolute Gasteiger partial charge is 0.226 e. The van der Waals surface area contributed by atoms with Gasteiger partial charge in [0.05, 0.1) is 0 Å². The highest BCUT2D eigenvalue weighted by atomic mass is 16.2. The molecule has 2 aromatic rings. The number of hydrogen-bond donors (Lipinski definition) is 3. The minimum Gasteiger partial charge on any atom is -0.385 e. The molecule has 0 fully saturated rings. The van der Waals surface area contributed by atoms with Gasteiger partial charge < -0.3 is 16.0 Å². The van der Waals surface area contributed by atoms with Crippen LogP contribution in [0.25, 0.3) is 0 Å². The summed E-state index contributed by atoms with van der Waals surface area (Å²) in [6.07, 6.45) is 0.375. The molecule has 3 N–H and O–H groups in total. The van der Waals surface area contributed by atoms with Crippen molar-refractivity contribution in [2.75, 3.05) is 22.5 Å². The van der Waals surface area contributed by atoms with Gasteiger partial charge >= 0.3 is 0 Å². The Labute approximate surface area is 148 Å². The lowest BCUT2D eigenvalue weighted by Crippen LogP contribution is -2.17. The quantitative estimate of drug-likeness (QED) is 0.708. The molecule has 0 aliphatic heterocycles. The molecule has 0 radical (unpaired) electrons. The van der Waals surface area contributed by atoms with Gasteiger partial charge in [0.2, 0.25) is 11.8 Å². The van der Waals surface area contributed by atoms with Crippen molar-refractivity contribution in [3.8, 4) is 0 Å². The molecule has 0 aliphatic rings. The maximum atomic E-state index is 12.2. The summed E-state index contributed by atoms with van der Waals surface area (Å²) in [5, 5.41) is 8.91. The Kier molecular flexibility index (Phi) is 6.57. The van der Waals surface area contributed by atoms with Crippen molar-refractivity contribution >= 4 is 28.9 Å². The maximum Gasteiger partial charge on any atom is 0.226 e. The lowest BCUT2D eigenvalue weighted by molar-refractivity contribution is -0.116. The van der Waals surface area contributed by atoms with E-state index in [-0.39, 0.29) is 11.8 Å². The Morgan fingerprint density at radius 1 is 0.920 bits per heavy atom. The monoisotopic (exact) mass is 339 g/mol. The van der Waals surface area contributed by atoms with Gasteiger partial charge in [0.15, 0.2) is 0 Å². The zero-order chi connectivity index (χ0) is 18.2. The molecule has 5 heteroatoms. The number of rotatable bonds is 7. The van der Waals surface area contributed by atoms with E-state index in [0.717, 1.165) is 22.6 Å². The molecule has 0 atom stereocenters. The predicted octanol–water partition coefficient (Wildman–Crippen LogP) is 4.21. The van der Waals surface area contributed by atoms with Crippen molar-refractivity contribution in [2.24, 2.45) is 0 Å². The van der Waals surface area contributed by atoms with Crippen molar-refractivity contribution in [1.82, 2.24) is 0 Å². The van der Waals surface area contributed by atoms with Crippen LogP contribution in [0, 0.1) is 0 Å². The largest absolute Gasteiger partial charge is 0.385 e. The summed E-state index contributed by atoms with van der Waals surface area (Å²) in [6.45, 7) is 6.23. The first-order chi connectivity index (χ1) is 12.0. The van der Waals surface area contributed by atoms with Crippen molar-refractivity contribution < 1.29 is 9.59 Å². The summed E-state index contributed by atoms with van der Waals surface area (Å²) >= 11 is 0. The van der Waals surface area contributed by atoms with E-state index < -0.39 is 0 Å². The second-order valence-corrected chi connectivity index (χ2v) is 6.23. The van der Waals surface area contributed by atoms with Crippen LogP contribution in [0.2, 0.25) is 0 Å². The topological polar surface area (TPSA) is 70.2 Å². The lowest BCUT2D eigenvalue weighted by atomic mass is 10.0. The van der Waals surface area contributed by atoms with Gasteiger partial charge in [-0.2, -0.15) is 0 Å². The highest BCUT2D eigenvalue weighted by Gasteiger charge is 2.08. The van der Waals surface area contributed by atoms with Gasteiger partial charge in [-0.05, 0) is 41.8 Å². The predicted molar refractivity (Wildman–Crippen MR) is 103 cm³/mol. The van der Waals surface area contributed by atoms with E-state index in [1.807, 2.05) is 48.5 Å². The Balaban J connectivity index is 1.82. The van der Waals surface area contributed by atoms with E-state index in [1.54, 1.807) is 0 Å². The van der Waals surface area contributed by atoms with Gasteiger partial charge in [-0.15, -0.1) is 0 Å². The average Bonchev–Trinajstić information content (AvgIpc) is 2.56. The minimum atomic E-state index is -0.0981. The highest BCUT2D eigenvalue weighted by molar-refractivity contribution is 5.92. The van der Waals surface area contributed by atoms with Gasteiger partial charge in [0.25, 0.3) is 0 Å². The second-order valence-electron chi connectivity index (χ2n) is 6.23. The van der Waals surface area contributed by atoms with E-state index in [2.05, 4.69) is 29.8 Å². The highest BCUT2D eigenvalue weighted by Crippen LogP contribution is 2.23. The Hall–Kier alpha value is -2.82. The van der Waals surface area contributed by atoms with Crippen LogP contribution in [-0.2, 0) is 9.59 Å². The third-order valence-electron chi connectivity index (χ3n) is 3.74. The maximum absolute atomic E-state index is 12.2. The van der Waals surface area contributed by atoms with Crippen LogP contribution in [0.4, 0.5) is 17.1 Å². The number of carbonyl (C=O) groups excluding carboxylic acids is 2. The SMILES string of the molecule is CC(=O)Nc1ccc(NCCC(=O)Nc2ccccc2C(C)C)cc1. The first kappa shape index (κ1) is 18.5. The number of para-hydroxylation sites is 1. The van der Waals surface area contributed by atoms with Crippen LogP contribution in [0.1, 0.15) is 38.7 Å². The number of amides is 2. The molecule has 0 heterocycles. The molecule has 0 aliphatic carbocycles. The van der Waals surface area contributed by atoms with Crippen LogP contribution in [0.5, 0.6) is 0 Å². The standard InChI is InChI=1S/C20H25N3O2/c1-14(2)18-6-4-5-7-19(18)23-20(25)12-13-21-16-8-10-17(11-9-16)22-15(3)24/h4-11,14,21H,12-13H2,1-3H3,(H,22,24)(H,23,25). The molecular weight excluding hydrogens is 314 g/mol. The summed E-state index contributed by atoms with van der Waals surface area (Å²) in [5.74, 6) is 0.242. The van der Waals surface area contributed by atoms with Crippen LogP contribution in [-0.4, -0.2) is 18.4 Å². The number of carbonyl (C=O) groups is 2. The van der Waals surface area contributed by atoms with Crippen molar-refractivity contribution in [1.29, 1.82) is 0 Å². The van der Waals surface area contributed by atoms with Crippen LogP contribution < -0.4 is 16.0 Å². The van der Waals surface area contributed by atoms with E-state index in [9.17, 15) is 9.59 Å². The molecule has 0 spiro atoms. The molecule has 0 bridgehead atoms. The van der Waals surface area contributed by atoms with E-state index in [0.29, 0.717) is 18.9 Å². The zero-order valence-electron chi connectivity index (χ0n) is 14.9. The molecule has 25 heavy (non-hydrogen) atoms. The molecule has 2 aromatic carbocycles. The molecule has 2 rings (SSSR count). The Morgan fingerprint density at radius 2 is 1.56 bits per heavy atom. The van der Waals surface area contributed by atoms with Gasteiger partial charge in [-0.3, -0.25) is 9.59 Å². The van der Waals surface area contributed by atoms with E-state index in [1.165, 1.54) is 6.92 Å².